The molecule has 88 valence electrons. The normalized spacial score (nSPS) is 14.0. The smallest absolute Gasteiger partial charge is 0.355 e. The lowest BCUT2D eigenvalue weighted by atomic mass is 10.0. The van der Waals surface area contributed by atoms with Crippen LogP contribution in [0.2, 0.25) is 0 Å². The molecule has 0 aliphatic heterocycles. The van der Waals surface area contributed by atoms with Crippen LogP contribution < -0.4 is 0 Å². The highest BCUT2D eigenvalue weighted by atomic mass is 19.4. The Balaban J connectivity index is 3.03. The average Bonchev–Trinajstić information content (AvgIpc) is 2.17. The monoisotopic (exact) mass is 232 g/mol. The van der Waals surface area contributed by atoms with Crippen molar-refractivity contribution in [2.75, 3.05) is 0 Å². The molecule has 0 heterocycles. The molecule has 0 radical (unpaired) electrons. The molecular formula is C11H11F3O2. The Morgan fingerprint density at radius 2 is 1.62 bits per heavy atom. The highest BCUT2D eigenvalue weighted by molar-refractivity contribution is 5.53. The molecule has 0 spiro atoms. The number of alkyl halides is 3. The van der Waals surface area contributed by atoms with Gasteiger partial charge in [0.15, 0.2) is 0 Å². The second-order valence-electron chi connectivity index (χ2n) is 3.41. The molecule has 0 aromatic heterocycles. The van der Waals surface area contributed by atoms with Crippen LogP contribution in [0.5, 0.6) is 0 Å². The summed E-state index contributed by atoms with van der Waals surface area (Å²) in [4.78, 5) is 0. The molecule has 0 amide bonds. The molecule has 2 N–H and O–H groups in total. The minimum Gasteiger partial charge on any atom is -0.355 e. The average molecular weight is 232 g/mol. The van der Waals surface area contributed by atoms with Crippen LogP contribution >= 0.6 is 0 Å². The van der Waals surface area contributed by atoms with Gasteiger partial charge in [0.25, 0.3) is 5.79 Å². The van der Waals surface area contributed by atoms with Gasteiger partial charge in [-0.15, -0.1) is 0 Å². The Morgan fingerprint density at radius 1 is 1.12 bits per heavy atom. The van der Waals surface area contributed by atoms with E-state index in [1.54, 1.807) is 30.3 Å². The van der Waals surface area contributed by atoms with Gasteiger partial charge in [0.2, 0.25) is 0 Å². The van der Waals surface area contributed by atoms with Crippen molar-refractivity contribution >= 4 is 6.08 Å². The van der Waals surface area contributed by atoms with Gasteiger partial charge < -0.3 is 10.2 Å². The van der Waals surface area contributed by atoms with Gasteiger partial charge in [-0.2, -0.15) is 13.2 Å². The van der Waals surface area contributed by atoms with E-state index in [2.05, 4.69) is 0 Å². The van der Waals surface area contributed by atoms with Crippen LogP contribution in [0.4, 0.5) is 13.2 Å². The maximum atomic E-state index is 12.2. The van der Waals surface area contributed by atoms with Crippen molar-refractivity contribution in [2.24, 2.45) is 0 Å². The summed E-state index contributed by atoms with van der Waals surface area (Å²) in [5, 5.41) is 17.9. The minimum atomic E-state index is -5.11. The largest absolute Gasteiger partial charge is 0.447 e. The molecule has 16 heavy (non-hydrogen) atoms. The molecule has 0 aliphatic carbocycles. The van der Waals surface area contributed by atoms with Gasteiger partial charge in [0, 0.05) is 0 Å². The Labute approximate surface area is 90.7 Å². The Kier molecular flexibility index (Phi) is 3.40. The molecule has 0 fully saturated rings. The molecule has 1 aromatic rings. The maximum Gasteiger partial charge on any atom is 0.447 e. The molecule has 0 saturated carbocycles. The van der Waals surface area contributed by atoms with Gasteiger partial charge in [-0.05, 0) is 18.1 Å². The zero-order chi connectivity index (χ0) is 12.4. The third kappa shape index (κ3) is 2.62. The van der Waals surface area contributed by atoms with Crippen molar-refractivity contribution in [3.05, 3.63) is 41.5 Å². The fraction of sp³-hybridized carbons (Fsp3) is 0.273. The van der Waals surface area contributed by atoms with Gasteiger partial charge in [0.05, 0.1) is 0 Å². The third-order valence-corrected chi connectivity index (χ3v) is 2.13. The standard InChI is InChI=1S/C11H11F3O2/c1-8(10(15,16)11(12,13)14)7-9-5-3-2-4-6-9/h2-7,15-16H,1H3/b8-7+. The van der Waals surface area contributed by atoms with Gasteiger partial charge in [0.1, 0.15) is 0 Å². The SMILES string of the molecule is C/C(=C\c1ccccc1)C(O)(O)C(F)(F)F. The quantitative estimate of drug-likeness (QED) is 0.768. The predicted octanol–water partition coefficient (Wildman–Crippen LogP) is 2.33. The van der Waals surface area contributed by atoms with Crippen molar-refractivity contribution in [1.82, 2.24) is 0 Å². The van der Waals surface area contributed by atoms with Crippen molar-refractivity contribution in [2.45, 2.75) is 18.9 Å². The zero-order valence-corrected chi connectivity index (χ0v) is 8.49. The van der Waals surface area contributed by atoms with E-state index in [9.17, 15) is 13.2 Å². The molecule has 0 aliphatic rings. The second kappa shape index (κ2) is 4.27. The summed E-state index contributed by atoms with van der Waals surface area (Å²) < 4.78 is 36.7. The van der Waals surface area contributed by atoms with Crippen LogP contribution in [0.25, 0.3) is 6.08 Å². The van der Waals surface area contributed by atoms with E-state index < -0.39 is 17.5 Å². The lowest BCUT2D eigenvalue weighted by Gasteiger charge is -2.25. The Bertz CT molecular complexity index is 380. The van der Waals surface area contributed by atoms with E-state index in [1.807, 2.05) is 0 Å². The van der Waals surface area contributed by atoms with Crippen LogP contribution in [0.3, 0.4) is 0 Å². The number of aliphatic hydroxyl groups is 2. The topological polar surface area (TPSA) is 40.5 Å². The first-order chi connectivity index (χ1) is 7.25. The molecule has 1 aromatic carbocycles. The van der Waals surface area contributed by atoms with Crippen molar-refractivity contribution in [1.29, 1.82) is 0 Å². The first kappa shape index (κ1) is 12.7. The van der Waals surface area contributed by atoms with Gasteiger partial charge >= 0.3 is 6.18 Å². The Hall–Kier alpha value is -1.33. The molecule has 0 saturated heterocycles. The summed E-state index contributed by atoms with van der Waals surface area (Å²) in [7, 11) is 0. The number of benzene rings is 1. The zero-order valence-electron chi connectivity index (χ0n) is 8.49. The lowest BCUT2D eigenvalue weighted by molar-refractivity contribution is -0.328. The van der Waals surface area contributed by atoms with Gasteiger partial charge in [-0.1, -0.05) is 36.4 Å². The summed E-state index contributed by atoms with van der Waals surface area (Å²) in [6.45, 7) is 1.01. The van der Waals surface area contributed by atoms with Crippen LogP contribution in [0.1, 0.15) is 12.5 Å². The summed E-state index contributed by atoms with van der Waals surface area (Å²) in [6, 6.07) is 8.12. The molecule has 0 unspecified atom stereocenters. The van der Waals surface area contributed by atoms with Gasteiger partial charge in [-0.3, -0.25) is 0 Å². The van der Waals surface area contributed by atoms with Crippen molar-refractivity contribution in [3.63, 3.8) is 0 Å². The van der Waals surface area contributed by atoms with Crippen LogP contribution in [0.15, 0.2) is 35.9 Å². The summed E-state index contributed by atoms with van der Waals surface area (Å²) in [5.41, 5.74) is -0.108. The third-order valence-electron chi connectivity index (χ3n) is 2.13. The van der Waals surface area contributed by atoms with E-state index in [-0.39, 0.29) is 0 Å². The lowest BCUT2D eigenvalue weighted by Crippen LogP contribution is -2.45. The highest BCUT2D eigenvalue weighted by Crippen LogP contribution is 2.34. The molecule has 1 rings (SSSR count). The van der Waals surface area contributed by atoms with Crippen molar-refractivity contribution < 1.29 is 23.4 Å². The van der Waals surface area contributed by atoms with Crippen LogP contribution in [0, 0.1) is 0 Å². The highest BCUT2D eigenvalue weighted by Gasteiger charge is 2.54. The number of hydrogen-bond acceptors (Lipinski definition) is 2. The Morgan fingerprint density at radius 3 is 2.06 bits per heavy atom. The molecule has 5 heteroatoms. The van der Waals surface area contributed by atoms with Gasteiger partial charge in [-0.25, -0.2) is 0 Å². The van der Waals surface area contributed by atoms with Crippen molar-refractivity contribution in [3.8, 4) is 0 Å². The van der Waals surface area contributed by atoms with E-state index in [0.717, 1.165) is 13.0 Å². The molecule has 0 bridgehead atoms. The summed E-state index contributed by atoms with van der Waals surface area (Å²) >= 11 is 0. The summed E-state index contributed by atoms with van der Waals surface area (Å²) in [6.07, 6.45) is -4.03. The van der Waals surface area contributed by atoms with E-state index in [4.69, 9.17) is 10.2 Å². The number of rotatable bonds is 2. The van der Waals surface area contributed by atoms with E-state index in [1.165, 1.54) is 0 Å². The number of halogens is 3. The number of hydrogen-bond donors (Lipinski definition) is 2. The second-order valence-corrected chi connectivity index (χ2v) is 3.41. The fourth-order valence-electron chi connectivity index (χ4n) is 1.12. The van der Waals surface area contributed by atoms with E-state index >= 15 is 0 Å². The van der Waals surface area contributed by atoms with E-state index in [0.29, 0.717) is 5.56 Å². The fourth-order valence-corrected chi connectivity index (χ4v) is 1.12. The first-order valence-corrected chi connectivity index (χ1v) is 4.50. The van der Waals surface area contributed by atoms with Crippen LogP contribution in [-0.2, 0) is 0 Å². The van der Waals surface area contributed by atoms with Crippen LogP contribution in [-0.4, -0.2) is 22.2 Å². The first-order valence-electron chi connectivity index (χ1n) is 4.50. The molecular weight excluding hydrogens is 221 g/mol. The minimum absolute atomic E-state index is 0.469. The molecule has 2 nitrogen and oxygen atoms in total. The summed E-state index contributed by atoms with van der Waals surface area (Å²) in [5.74, 6) is -3.79. The molecule has 0 atom stereocenters. The maximum absolute atomic E-state index is 12.2. The predicted molar refractivity (Wildman–Crippen MR) is 53.3 cm³/mol.